The van der Waals surface area contributed by atoms with Gasteiger partial charge in [0.05, 0.1) is 5.69 Å². The van der Waals surface area contributed by atoms with Gasteiger partial charge in [0, 0.05) is 29.6 Å². The summed E-state index contributed by atoms with van der Waals surface area (Å²) in [6.07, 6.45) is 4.72. The zero-order chi connectivity index (χ0) is 16.7. The van der Waals surface area contributed by atoms with E-state index in [1.54, 1.807) is 18.5 Å². The van der Waals surface area contributed by atoms with Gasteiger partial charge in [0.2, 0.25) is 0 Å². The number of benzene rings is 1. The van der Waals surface area contributed by atoms with Crippen LogP contribution in [-0.4, -0.2) is 10.9 Å². The van der Waals surface area contributed by atoms with Crippen LogP contribution in [0.5, 0.6) is 0 Å². The van der Waals surface area contributed by atoms with Crippen LogP contribution in [0.3, 0.4) is 0 Å². The van der Waals surface area contributed by atoms with Gasteiger partial charge in [-0.25, -0.2) is 0 Å². The molecule has 2 N–H and O–H groups in total. The molecular weight excluding hydrogens is 356 g/mol. The van der Waals surface area contributed by atoms with Crippen molar-refractivity contribution in [1.82, 2.24) is 10.3 Å². The highest BCUT2D eigenvalue weighted by molar-refractivity contribution is 9.10. The summed E-state index contributed by atoms with van der Waals surface area (Å²) in [5.74, 6) is -0.438. The van der Waals surface area contributed by atoms with E-state index in [0.717, 1.165) is 21.3 Å². The van der Waals surface area contributed by atoms with E-state index in [2.05, 4.69) is 31.5 Å². The molecule has 2 rings (SSSR count). The number of nitriles is 1. The second-order valence-electron chi connectivity index (χ2n) is 4.84. The predicted octanol–water partition coefficient (Wildman–Crippen LogP) is 3.29. The number of pyridine rings is 1. The number of nitrogens with zero attached hydrogens (tertiary/aromatic N) is 2. The average molecular weight is 371 g/mol. The van der Waals surface area contributed by atoms with Crippen LogP contribution in [0.25, 0.3) is 0 Å². The van der Waals surface area contributed by atoms with E-state index in [1.807, 2.05) is 37.3 Å². The summed E-state index contributed by atoms with van der Waals surface area (Å²) in [5, 5.41) is 14.8. The predicted molar refractivity (Wildman–Crippen MR) is 92.3 cm³/mol. The highest BCUT2D eigenvalue weighted by atomic mass is 79.9. The number of aryl methyl sites for hydroxylation is 1. The molecule has 0 radical (unpaired) electrons. The molecule has 5 nitrogen and oxygen atoms in total. The van der Waals surface area contributed by atoms with Crippen LogP contribution in [0.15, 0.2) is 59.0 Å². The third-order valence-corrected chi connectivity index (χ3v) is 3.69. The van der Waals surface area contributed by atoms with Gasteiger partial charge in [-0.3, -0.25) is 9.78 Å². The minimum Gasteiger partial charge on any atom is -0.359 e. The first kappa shape index (κ1) is 16.7. The number of carbonyl (C=O) groups is 1. The van der Waals surface area contributed by atoms with Gasteiger partial charge < -0.3 is 10.6 Å². The molecule has 1 aromatic heterocycles. The van der Waals surface area contributed by atoms with Crippen LogP contribution >= 0.6 is 15.9 Å². The number of anilines is 1. The van der Waals surface area contributed by atoms with Crippen molar-refractivity contribution in [3.63, 3.8) is 0 Å². The molecule has 0 atom stereocenters. The second kappa shape index (κ2) is 8.11. The number of nitrogens with one attached hydrogen (secondary N) is 2. The Labute approximate surface area is 143 Å². The smallest absolute Gasteiger partial charge is 0.263 e. The zero-order valence-electron chi connectivity index (χ0n) is 12.5. The van der Waals surface area contributed by atoms with Gasteiger partial charge in [0.1, 0.15) is 11.6 Å². The molecule has 116 valence electrons. The molecule has 0 unspecified atom stereocenters. The Kier molecular flexibility index (Phi) is 5.89. The summed E-state index contributed by atoms with van der Waals surface area (Å²) in [7, 11) is 0. The van der Waals surface area contributed by atoms with Crippen molar-refractivity contribution in [2.75, 3.05) is 5.32 Å². The Morgan fingerprint density at radius 3 is 2.91 bits per heavy atom. The lowest BCUT2D eigenvalue weighted by Crippen LogP contribution is -2.24. The SMILES string of the molecule is Cc1ccc(N/C=C(/C#N)C(=O)NCc2cccnc2)c(Br)c1. The van der Waals surface area contributed by atoms with E-state index < -0.39 is 5.91 Å². The first-order chi connectivity index (χ1) is 11.1. The van der Waals surface area contributed by atoms with Gasteiger partial charge in [0.15, 0.2) is 0 Å². The van der Waals surface area contributed by atoms with Crippen molar-refractivity contribution in [3.05, 3.63) is 70.1 Å². The van der Waals surface area contributed by atoms with Crippen molar-refractivity contribution in [3.8, 4) is 6.07 Å². The van der Waals surface area contributed by atoms with Crippen LogP contribution in [0.2, 0.25) is 0 Å². The molecule has 0 aliphatic rings. The fourth-order valence-corrected chi connectivity index (χ4v) is 2.42. The lowest BCUT2D eigenvalue weighted by Gasteiger charge is -2.07. The Bertz CT molecular complexity index is 766. The molecule has 2 aromatic rings. The largest absolute Gasteiger partial charge is 0.359 e. The van der Waals surface area contributed by atoms with Gasteiger partial charge >= 0.3 is 0 Å². The molecule has 0 bridgehead atoms. The summed E-state index contributed by atoms with van der Waals surface area (Å²) in [6, 6.07) is 11.3. The average Bonchev–Trinajstić information content (AvgIpc) is 2.56. The van der Waals surface area contributed by atoms with Crippen molar-refractivity contribution >= 4 is 27.5 Å². The third kappa shape index (κ3) is 4.94. The molecule has 6 heteroatoms. The van der Waals surface area contributed by atoms with Crippen LogP contribution < -0.4 is 10.6 Å². The number of rotatable bonds is 5. The number of aromatic nitrogens is 1. The van der Waals surface area contributed by atoms with Crippen molar-refractivity contribution in [1.29, 1.82) is 5.26 Å². The monoisotopic (exact) mass is 370 g/mol. The third-order valence-electron chi connectivity index (χ3n) is 3.04. The highest BCUT2D eigenvalue weighted by Gasteiger charge is 2.09. The lowest BCUT2D eigenvalue weighted by atomic mass is 10.2. The Balaban J connectivity index is 2.00. The Morgan fingerprint density at radius 2 is 2.26 bits per heavy atom. The maximum Gasteiger partial charge on any atom is 0.263 e. The van der Waals surface area contributed by atoms with Crippen LogP contribution in [0, 0.1) is 18.3 Å². The molecule has 0 spiro atoms. The highest BCUT2D eigenvalue weighted by Crippen LogP contribution is 2.23. The number of hydrogen-bond donors (Lipinski definition) is 2. The number of hydrogen-bond acceptors (Lipinski definition) is 4. The first-order valence-electron chi connectivity index (χ1n) is 6.90. The first-order valence-corrected chi connectivity index (χ1v) is 7.69. The fourth-order valence-electron chi connectivity index (χ4n) is 1.82. The minimum atomic E-state index is -0.438. The molecular formula is C17H15BrN4O. The quantitative estimate of drug-likeness (QED) is 0.625. The molecule has 0 saturated heterocycles. The van der Waals surface area contributed by atoms with Crippen LogP contribution in [-0.2, 0) is 11.3 Å². The van der Waals surface area contributed by atoms with E-state index in [1.165, 1.54) is 6.20 Å². The van der Waals surface area contributed by atoms with Gasteiger partial charge in [-0.05, 0) is 52.2 Å². The van der Waals surface area contributed by atoms with E-state index in [9.17, 15) is 4.79 Å². The van der Waals surface area contributed by atoms with Crippen molar-refractivity contribution in [2.24, 2.45) is 0 Å². The molecule has 23 heavy (non-hydrogen) atoms. The van der Waals surface area contributed by atoms with E-state index >= 15 is 0 Å². The Hall–Kier alpha value is -2.65. The standard InChI is InChI=1S/C17H15BrN4O/c1-12-4-5-16(15(18)7-12)21-11-14(8-19)17(23)22-10-13-3-2-6-20-9-13/h2-7,9,11,21H,10H2,1H3,(H,22,23)/b14-11-. The maximum atomic E-state index is 12.0. The summed E-state index contributed by atoms with van der Waals surface area (Å²) in [4.78, 5) is 16.0. The molecule has 0 aliphatic carbocycles. The van der Waals surface area contributed by atoms with Gasteiger partial charge in [-0.15, -0.1) is 0 Å². The number of halogens is 1. The summed E-state index contributed by atoms with van der Waals surface area (Å²) in [5.41, 5.74) is 2.76. The molecule has 0 saturated carbocycles. The van der Waals surface area contributed by atoms with Gasteiger partial charge in [-0.2, -0.15) is 5.26 Å². The number of amides is 1. The summed E-state index contributed by atoms with van der Waals surface area (Å²) >= 11 is 3.44. The Morgan fingerprint density at radius 1 is 1.43 bits per heavy atom. The fraction of sp³-hybridized carbons (Fsp3) is 0.118. The summed E-state index contributed by atoms with van der Waals surface area (Å²) < 4.78 is 0.863. The lowest BCUT2D eigenvalue weighted by molar-refractivity contribution is -0.117. The van der Waals surface area contributed by atoms with Gasteiger partial charge in [0.25, 0.3) is 5.91 Å². The van der Waals surface area contributed by atoms with Crippen molar-refractivity contribution in [2.45, 2.75) is 13.5 Å². The minimum absolute atomic E-state index is 0.00126. The van der Waals surface area contributed by atoms with Crippen LogP contribution in [0.4, 0.5) is 5.69 Å². The van der Waals surface area contributed by atoms with E-state index in [0.29, 0.717) is 6.54 Å². The molecule has 1 amide bonds. The molecule has 1 heterocycles. The van der Waals surface area contributed by atoms with Crippen molar-refractivity contribution < 1.29 is 4.79 Å². The summed E-state index contributed by atoms with van der Waals surface area (Å²) in [6.45, 7) is 2.30. The van der Waals surface area contributed by atoms with E-state index in [-0.39, 0.29) is 5.57 Å². The van der Waals surface area contributed by atoms with Gasteiger partial charge in [-0.1, -0.05) is 12.1 Å². The molecule has 0 fully saturated rings. The van der Waals surface area contributed by atoms with Crippen LogP contribution in [0.1, 0.15) is 11.1 Å². The van der Waals surface area contributed by atoms with E-state index in [4.69, 9.17) is 5.26 Å². The molecule has 0 aliphatic heterocycles. The molecule has 1 aromatic carbocycles. The second-order valence-corrected chi connectivity index (χ2v) is 5.70. The zero-order valence-corrected chi connectivity index (χ0v) is 14.1. The number of carbonyl (C=O) groups excluding carboxylic acids is 1. The normalized spacial score (nSPS) is 10.7. The topological polar surface area (TPSA) is 77.8 Å². The maximum absolute atomic E-state index is 12.0.